The quantitative estimate of drug-likeness (QED) is 0.791. The summed E-state index contributed by atoms with van der Waals surface area (Å²) < 4.78 is 13.1. The van der Waals surface area contributed by atoms with Gasteiger partial charge >= 0.3 is 0 Å². The van der Waals surface area contributed by atoms with E-state index in [1.165, 1.54) is 25.1 Å². The Morgan fingerprint density at radius 2 is 2.38 bits per heavy atom. The summed E-state index contributed by atoms with van der Waals surface area (Å²) in [4.78, 5) is 15.0. The molecule has 0 unspecified atom stereocenters. The summed E-state index contributed by atoms with van der Waals surface area (Å²) in [5.41, 5.74) is 0.187. The van der Waals surface area contributed by atoms with Crippen LogP contribution in [-0.2, 0) is 4.79 Å². The molecule has 16 heavy (non-hydrogen) atoms. The van der Waals surface area contributed by atoms with Gasteiger partial charge in [0.05, 0.1) is 11.9 Å². The van der Waals surface area contributed by atoms with Gasteiger partial charge in [0.15, 0.2) is 5.82 Å². The topological polar surface area (TPSA) is 54.0 Å². The first kappa shape index (κ1) is 11.0. The molecule has 0 aliphatic heterocycles. The number of rotatable bonds is 5. The molecule has 0 atom stereocenters. The van der Waals surface area contributed by atoms with Crippen LogP contribution in [0.3, 0.4) is 0 Å². The molecule has 2 rings (SSSR count). The van der Waals surface area contributed by atoms with E-state index in [0.717, 1.165) is 6.20 Å². The molecule has 1 aromatic heterocycles. The lowest BCUT2D eigenvalue weighted by Crippen LogP contribution is -2.23. The maximum atomic E-state index is 13.1. The van der Waals surface area contributed by atoms with Crippen LogP contribution in [0.5, 0.6) is 0 Å². The van der Waals surface area contributed by atoms with Crippen LogP contribution in [0, 0.1) is 5.82 Å². The Labute approximate surface area is 93.3 Å². The van der Waals surface area contributed by atoms with Crippen LogP contribution in [0.25, 0.3) is 0 Å². The molecule has 86 valence electrons. The Kier molecular flexibility index (Phi) is 3.46. The number of hydrogen-bond acceptors (Lipinski definition) is 3. The molecule has 2 N–H and O–H groups in total. The van der Waals surface area contributed by atoms with E-state index < -0.39 is 5.82 Å². The van der Waals surface area contributed by atoms with Gasteiger partial charge in [-0.3, -0.25) is 9.78 Å². The van der Waals surface area contributed by atoms with E-state index in [2.05, 4.69) is 15.6 Å². The van der Waals surface area contributed by atoms with Gasteiger partial charge in [0.1, 0.15) is 0 Å². The number of hydrogen-bond donors (Lipinski definition) is 2. The van der Waals surface area contributed by atoms with Crippen molar-refractivity contribution in [3.63, 3.8) is 0 Å². The second-order valence-electron chi connectivity index (χ2n) is 3.88. The zero-order valence-electron chi connectivity index (χ0n) is 8.87. The van der Waals surface area contributed by atoms with Crippen LogP contribution < -0.4 is 10.6 Å². The SMILES string of the molecule is O=C(CCNC1CC1)Nc1ccncc1F. The first-order valence-corrected chi connectivity index (χ1v) is 5.38. The van der Waals surface area contributed by atoms with E-state index >= 15 is 0 Å². The summed E-state index contributed by atoms with van der Waals surface area (Å²) in [6.45, 7) is 0.642. The molecule has 1 amide bonds. The molecular weight excluding hydrogens is 209 g/mol. The third kappa shape index (κ3) is 3.27. The lowest BCUT2D eigenvalue weighted by Gasteiger charge is -2.06. The minimum Gasteiger partial charge on any atom is -0.323 e. The number of amides is 1. The minimum atomic E-state index is -0.508. The summed E-state index contributed by atoms with van der Waals surface area (Å²) in [7, 11) is 0. The molecule has 1 fully saturated rings. The van der Waals surface area contributed by atoms with Crippen molar-refractivity contribution in [3.05, 3.63) is 24.3 Å². The highest BCUT2D eigenvalue weighted by molar-refractivity contribution is 5.90. The van der Waals surface area contributed by atoms with E-state index in [1.54, 1.807) is 0 Å². The number of nitrogens with zero attached hydrogens (tertiary/aromatic N) is 1. The van der Waals surface area contributed by atoms with Gasteiger partial charge in [-0.05, 0) is 18.9 Å². The van der Waals surface area contributed by atoms with Crippen molar-refractivity contribution < 1.29 is 9.18 Å². The third-order valence-electron chi connectivity index (χ3n) is 2.41. The predicted molar refractivity (Wildman–Crippen MR) is 58.5 cm³/mol. The average Bonchev–Trinajstić information content (AvgIpc) is 3.05. The summed E-state index contributed by atoms with van der Waals surface area (Å²) >= 11 is 0. The van der Waals surface area contributed by atoms with Gasteiger partial charge < -0.3 is 10.6 Å². The maximum absolute atomic E-state index is 13.1. The first-order valence-electron chi connectivity index (χ1n) is 5.38. The van der Waals surface area contributed by atoms with Crippen molar-refractivity contribution in [3.8, 4) is 0 Å². The Morgan fingerprint density at radius 3 is 3.06 bits per heavy atom. The molecule has 0 radical (unpaired) electrons. The highest BCUT2D eigenvalue weighted by Crippen LogP contribution is 2.18. The molecule has 1 aliphatic carbocycles. The van der Waals surface area contributed by atoms with E-state index in [-0.39, 0.29) is 11.6 Å². The van der Waals surface area contributed by atoms with Crippen LogP contribution in [0.4, 0.5) is 10.1 Å². The number of carbonyl (C=O) groups excluding carboxylic acids is 1. The Morgan fingerprint density at radius 1 is 1.56 bits per heavy atom. The van der Waals surface area contributed by atoms with Crippen LogP contribution in [0.2, 0.25) is 0 Å². The molecule has 0 bridgehead atoms. The van der Waals surface area contributed by atoms with Crippen LogP contribution >= 0.6 is 0 Å². The third-order valence-corrected chi connectivity index (χ3v) is 2.41. The van der Waals surface area contributed by atoms with Crippen molar-refractivity contribution in [1.82, 2.24) is 10.3 Å². The normalized spacial score (nSPS) is 14.8. The maximum Gasteiger partial charge on any atom is 0.225 e. The molecular formula is C11H14FN3O. The van der Waals surface area contributed by atoms with Crippen molar-refractivity contribution in [2.45, 2.75) is 25.3 Å². The highest BCUT2D eigenvalue weighted by Gasteiger charge is 2.20. The Balaban J connectivity index is 1.75. The molecule has 4 nitrogen and oxygen atoms in total. The van der Waals surface area contributed by atoms with E-state index in [0.29, 0.717) is 19.0 Å². The molecule has 0 saturated heterocycles. The predicted octanol–water partition coefficient (Wildman–Crippen LogP) is 1.30. The Hall–Kier alpha value is -1.49. The van der Waals surface area contributed by atoms with Gasteiger partial charge in [0.2, 0.25) is 5.91 Å². The average molecular weight is 223 g/mol. The molecule has 1 aromatic rings. The lowest BCUT2D eigenvalue weighted by atomic mass is 10.3. The minimum absolute atomic E-state index is 0.182. The molecule has 1 heterocycles. The number of aromatic nitrogens is 1. The number of anilines is 1. The zero-order chi connectivity index (χ0) is 11.4. The molecule has 1 aliphatic rings. The smallest absolute Gasteiger partial charge is 0.225 e. The van der Waals surface area contributed by atoms with Crippen LogP contribution in [-0.4, -0.2) is 23.5 Å². The number of carbonyl (C=O) groups is 1. The summed E-state index contributed by atoms with van der Waals surface area (Å²) in [5.74, 6) is -0.691. The summed E-state index contributed by atoms with van der Waals surface area (Å²) in [6.07, 6.45) is 5.28. The van der Waals surface area contributed by atoms with Gasteiger partial charge in [-0.25, -0.2) is 4.39 Å². The van der Waals surface area contributed by atoms with Crippen LogP contribution in [0.15, 0.2) is 18.5 Å². The lowest BCUT2D eigenvalue weighted by molar-refractivity contribution is -0.116. The fourth-order valence-electron chi connectivity index (χ4n) is 1.37. The van der Waals surface area contributed by atoms with Gasteiger partial charge in [-0.15, -0.1) is 0 Å². The molecule has 0 spiro atoms. The second-order valence-corrected chi connectivity index (χ2v) is 3.88. The van der Waals surface area contributed by atoms with E-state index in [4.69, 9.17) is 0 Å². The largest absolute Gasteiger partial charge is 0.323 e. The van der Waals surface area contributed by atoms with Gasteiger partial charge in [-0.2, -0.15) is 0 Å². The van der Waals surface area contributed by atoms with Gasteiger partial charge in [0, 0.05) is 25.2 Å². The van der Waals surface area contributed by atoms with Crippen LogP contribution in [0.1, 0.15) is 19.3 Å². The fraction of sp³-hybridized carbons (Fsp3) is 0.455. The number of pyridine rings is 1. The monoisotopic (exact) mass is 223 g/mol. The van der Waals surface area contributed by atoms with E-state index in [9.17, 15) is 9.18 Å². The molecule has 1 saturated carbocycles. The Bertz CT molecular complexity index is 379. The van der Waals surface area contributed by atoms with Crippen molar-refractivity contribution in [2.24, 2.45) is 0 Å². The first-order chi connectivity index (χ1) is 7.75. The highest BCUT2D eigenvalue weighted by atomic mass is 19.1. The van der Waals surface area contributed by atoms with Crippen molar-refractivity contribution in [1.29, 1.82) is 0 Å². The summed E-state index contributed by atoms with van der Waals surface area (Å²) in [5, 5.41) is 5.73. The van der Waals surface area contributed by atoms with Gasteiger partial charge in [-0.1, -0.05) is 0 Å². The van der Waals surface area contributed by atoms with E-state index in [1.807, 2.05) is 0 Å². The number of halogens is 1. The summed E-state index contributed by atoms with van der Waals surface area (Å²) in [6, 6.07) is 2.03. The second kappa shape index (κ2) is 5.03. The van der Waals surface area contributed by atoms with Crippen molar-refractivity contribution >= 4 is 11.6 Å². The zero-order valence-corrected chi connectivity index (χ0v) is 8.87. The molecule has 0 aromatic carbocycles. The van der Waals surface area contributed by atoms with Crippen molar-refractivity contribution in [2.75, 3.05) is 11.9 Å². The number of nitrogens with one attached hydrogen (secondary N) is 2. The molecule has 5 heteroatoms. The van der Waals surface area contributed by atoms with Gasteiger partial charge in [0.25, 0.3) is 0 Å². The standard InChI is InChI=1S/C11H14FN3O/c12-9-7-13-5-3-10(9)15-11(16)4-6-14-8-1-2-8/h3,5,7-8,14H,1-2,4,6H2,(H,13,15,16). The fourth-order valence-corrected chi connectivity index (χ4v) is 1.37.